The molecular formula is C18H19F2NO4. The van der Waals surface area contributed by atoms with Gasteiger partial charge in [0.25, 0.3) is 11.8 Å². The summed E-state index contributed by atoms with van der Waals surface area (Å²) in [6.45, 7) is 1.34. The van der Waals surface area contributed by atoms with Gasteiger partial charge >= 0.3 is 5.63 Å². The van der Waals surface area contributed by atoms with Gasteiger partial charge in [-0.3, -0.25) is 4.79 Å². The fourth-order valence-electron chi connectivity index (χ4n) is 3.01. The third-order valence-corrected chi connectivity index (χ3v) is 4.29. The van der Waals surface area contributed by atoms with Crippen molar-refractivity contribution in [1.29, 1.82) is 0 Å². The summed E-state index contributed by atoms with van der Waals surface area (Å²) in [5.41, 5.74) is 0.788. The SMILES string of the molecule is CCc1cc(=O)oc2cc(OCC(=O)N3CCCC(F)(F)C3)ccc12. The first-order valence-corrected chi connectivity index (χ1v) is 8.23. The van der Waals surface area contributed by atoms with E-state index in [-0.39, 0.29) is 19.4 Å². The highest BCUT2D eigenvalue weighted by molar-refractivity contribution is 5.82. The Balaban J connectivity index is 1.71. The van der Waals surface area contributed by atoms with Crippen molar-refractivity contribution in [3.8, 4) is 5.75 Å². The van der Waals surface area contributed by atoms with E-state index in [9.17, 15) is 18.4 Å². The summed E-state index contributed by atoms with van der Waals surface area (Å²) in [5.74, 6) is -2.97. The van der Waals surface area contributed by atoms with Gasteiger partial charge < -0.3 is 14.1 Å². The number of aryl methyl sites for hydroxylation is 1. The summed E-state index contributed by atoms with van der Waals surface area (Å²) >= 11 is 0. The number of ether oxygens (including phenoxy) is 1. The van der Waals surface area contributed by atoms with Gasteiger partial charge in [-0.05, 0) is 30.5 Å². The molecule has 0 bridgehead atoms. The summed E-state index contributed by atoms with van der Waals surface area (Å²) in [6.07, 6.45) is 0.769. The molecule has 5 nitrogen and oxygen atoms in total. The molecule has 1 aliphatic heterocycles. The van der Waals surface area contributed by atoms with E-state index in [1.165, 1.54) is 12.1 Å². The van der Waals surface area contributed by atoms with Crippen molar-refractivity contribution in [2.24, 2.45) is 0 Å². The Morgan fingerprint density at radius 3 is 2.88 bits per heavy atom. The fourth-order valence-corrected chi connectivity index (χ4v) is 3.01. The number of carbonyl (C=O) groups excluding carboxylic acids is 1. The predicted molar refractivity (Wildman–Crippen MR) is 88.1 cm³/mol. The topological polar surface area (TPSA) is 59.8 Å². The first-order chi connectivity index (χ1) is 11.9. The van der Waals surface area contributed by atoms with E-state index in [0.717, 1.165) is 15.8 Å². The Morgan fingerprint density at radius 1 is 1.36 bits per heavy atom. The molecule has 2 heterocycles. The quantitative estimate of drug-likeness (QED) is 0.795. The first-order valence-electron chi connectivity index (χ1n) is 8.23. The van der Waals surface area contributed by atoms with Gasteiger partial charge in [-0.1, -0.05) is 6.92 Å². The number of fused-ring (bicyclic) bond motifs is 1. The minimum Gasteiger partial charge on any atom is -0.484 e. The molecule has 7 heteroatoms. The molecule has 0 N–H and O–H groups in total. The molecule has 2 aromatic rings. The number of nitrogens with zero attached hydrogens (tertiary/aromatic N) is 1. The number of rotatable bonds is 4. The molecule has 0 aliphatic carbocycles. The van der Waals surface area contributed by atoms with E-state index >= 15 is 0 Å². The molecular weight excluding hydrogens is 332 g/mol. The molecule has 1 aromatic carbocycles. The van der Waals surface area contributed by atoms with E-state index in [1.54, 1.807) is 12.1 Å². The van der Waals surface area contributed by atoms with Crippen LogP contribution in [0.1, 0.15) is 25.3 Å². The second kappa shape index (κ2) is 6.82. The molecule has 134 valence electrons. The van der Waals surface area contributed by atoms with Crippen molar-refractivity contribution >= 4 is 16.9 Å². The van der Waals surface area contributed by atoms with Gasteiger partial charge in [-0.15, -0.1) is 0 Å². The Bertz CT molecular complexity index is 847. The molecule has 0 unspecified atom stereocenters. The highest BCUT2D eigenvalue weighted by atomic mass is 19.3. The molecule has 0 atom stereocenters. The zero-order chi connectivity index (χ0) is 18.0. The Kier molecular flexibility index (Phi) is 4.74. The fraction of sp³-hybridized carbons (Fsp3) is 0.444. The molecule has 0 spiro atoms. The number of hydrogen-bond donors (Lipinski definition) is 0. The smallest absolute Gasteiger partial charge is 0.336 e. The van der Waals surface area contributed by atoms with Crippen LogP contribution in [0.5, 0.6) is 5.75 Å². The third-order valence-electron chi connectivity index (χ3n) is 4.29. The molecule has 1 fully saturated rings. The molecule has 1 amide bonds. The minimum atomic E-state index is -2.84. The van der Waals surface area contributed by atoms with E-state index in [1.807, 2.05) is 6.92 Å². The maximum absolute atomic E-state index is 13.4. The number of alkyl halides is 2. The number of piperidine rings is 1. The predicted octanol–water partition coefficient (Wildman–Crippen LogP) is 2.99. The number of benzene rings is 1. The van der Waals surface area contributed by atoms with Crippen molar-refractivity contribution < 1.29 is 22.7 Å². The monoisotopic (exact) mass is 351 g/mol. The standard InChI is InChI=1S/C18H19F2NO4/c1-2-12-8-17(23)25-15-9-13(4-5-14(12)15)24-10-16(22)21-7-3-6-18(19,20)11-21/h4-5,8-9H,2-3,6-7,10-11H2,1H3. The van der Waals surface area contributed by atoms with Crippen LogP contribution in [0.2, 0.25) is 0 Å². The molecule has 1 aromatic heterocycles. The van der Waals surface area contributed by atoms with Crippen LogP contribution in [-0.2, 0) is 11.2 Å². The van der Waals surface area contributed by atoms with Gasteiger partial charge in [0.05, 0.1) is 6.54 Å². The van der Waals surface area contributed by atoms with Gasteiger partial charge in [-0.2, -0.15) is 0 Å². The number of amides is 1. The zero-order valence-electron chi connectivity index (χ0n) is 13.9. The van der Waals surface area contributed by atoms with E-state index in [2.05, 4.69) is 0 Å². The number of halogens is 2. The lowest BCUT2D eigenvalue weighted by Crippen LogP contribution is -2.47. The summed E-state index contributed by atoms with van der Waals surface area (Å²) < 4.78 is 37.3. The number of hydrogen-bond acceptors (Lipinski definition) is 4. The van der Waals surface area contributed by atoms with Crippen LogP contribution in [0.25, 0.3) is 11.0 Å². The Labute approximate surface area is 143 Å². The largest absolute Gasteiger partial charge is 0.484 e. The molecule has 1 aliphatic rings. The lowest BCUT2D eigenvalue weighted by Gasteiger charge is -2.32. The minimum absolute atomic E-state index is 0.193. The van der Waals surface area contributed by atoms with E-state index in [4.69, 9.17) is 9.15 Å². The average molecular weight is 351 g/mol. The van der Waals surface area contributed by atoms with Gasteiger partial charge in [0.1, 0.15) is 11.3 Å². The van der Waals surface area contributed by atoms with Gasteiger partial charge in [0.2, 0.25) is 0 Å². The van der Waals surface area contributed by atoms with Gasteiger partial charge in [-0.25, -0.2) is 13.6 Å². The molecule has 0 saturated carbocycles. The van der Waals surface area contributed by atoms with E-state index < -0.39 is 24.0 Å². The Hall–Kier alpha value is -2.44. The second-order valence-corrected chi connectivity index (χ2v) is 6.17. The van der Waals surface area contributed by atoms with Crippen LogP contribution in [0, 0.1) is 0 Å². The van der Waals surface area contributed by atoms with Crippen LogP contribution in [-0.4, -0.2) is 36.4 Å². The van der Waals surface area contributed by atoms with Crippen molar-refractivity contribution in [3.05, 3.63) is 40.2 Å². The van der Waals surface area contributed by atoms with Crippen molar-refractivity contribution in [1.82, 2.24) is 4.90 Å². The summed E-state index contributed by atoms with van der Waals surface area (Å²) in [6, 6.07) is 6.41. The maximum Gasteiger partial charge on any atom is 0.336 e. The lowest BCUT2D eigenvalue weighted by atomic mass is 10.1. The van der Waals surface area contributed by atoms with Crippen LogP contribution < -0.4 is 10.4 Å². The van der Waals surface area contributed by atoms with Gasteiger partial charge in [0.15, 0.2) is 6.61 Å². The average Bonchev–Trinajstić information content (AvgIpc) is 2.57. The molecule has 25 heavy (non-hydrogen) atoms. The van der Waals surface area contributed by atoms with Gasteiger partial charge in [0, 0.05) is 30.5 Å². The number of carbonyl (C=O) groups is 1. The second-order valence-electron chi connectivity index (χ2n) is 6.17. The van der Waals surface area contributed by atoms with Crippen LogP contribution in [0.4, 0.5) is 8.78 Å². The molecule has 1 saturated heterocycles. The van der Waals surface area contributed by atoms with Crippen molar-refractivity contribution in [2.45, 2.75) is 32.1 Å². The van der Waals surface area contributed by atoms with Crippen LogP contribution in [0.15, 0.2) is 33.5 Å². The van der Waals surface area contributed by atoms with Crippen molar-refractivity contribution in [2.75, 3.05) is 19.7 Å². The van der Waals surface area contributed by atoms with Crippen molar-refractivity contribution in [3.63, 3.8) is 0 Å². The highest BCUT2D eigenvalue weighted by Crippen LogP contribution is 2.27. The summed E-state index contributed by atoms with van der Waals surface area (Å²) in [5, 5.41) is 0.802. The zero-order valence-corrected chi connectivity index (χ0v) is 13.9. The normalized spacial score (nSPS) is 16.8. The number of likely N-dealkylation sites (tertiary alicyclic amines) is 1. The van der Waals surface area contributed by atoms with Crippen LogP contribution >= 0.6 is 0 Å². The molecule has 0 radical (unpaired) electrons. The summed E-state index contributed by atoms with van der Waals surface area (Å²) in [7, 11) is 0. The third kappa shape index (κ3) is 3.97. The molecule has 3 rings (SSSR count). The lowest BCUT2D eigenvalue weighted by molar-refractivity contribution is -0.143. The highest BCUT2D eigenvalue weighted by Gasteiger charge is 2.37. The maximum atomic E-state index is 13.4. The van der Waals surface area contributed by atoms with Crippen LogP contribution in [0.3, 0.4) is 0 Å². The first kappa shape index (κ1) is 17.4. The summed E-state index contributed by atoms with van der Waals surface area (Å²) in [4.78, 5) is 24.8. The van der Waals surface area contributed by atoms with E-state index in [0.29, 0.717) is 24.3 Å². The Morgan fingerprint density at radius 2 is 2.16 bits per heavy atom.